The first-order chi connectivity index (χ1) is 8.74. The SMILES string of the molecule is C=CC1CC(=O)N(c2ccc(CCCC)cc2)C1. The van der Waals surface area contributed by atoms with Crippen LogP contribution < -0.4 is 4.90 Å². The number of benzene rings is 1. The van der Waals surface area contributed by atoms with Gasteiger partial charge in [0.25, 0.3) is 0 Å². The Labute approximate surface area is 109 Å². The maximum Gasteiger partial charge on any atom is 0.227 e. The number of amides is 1. The number of hydrogen-bond donors (Lipinski definition) is 0. The molecule has 2 rings (SSSR count). The number of unbranched alkanes of at least 4 members (excludes halogenated alkanes) is 1. The second-order valence-corrected chi connectivity index (χ2v) is 4.97. The van der Waals surface area contributed by atoms with Gasteiger partial charge in [-0.25, -0.2) is 0 Å². The monoisotopic (exact) mass is 243 g/mol. The zero-order valence-electron chi connectivity index (χ0n) is 11.1. The molecule has 1 aromatic rings. The summed E-state index contributed by atoms with van der Waals surface area (Å²) >= 11 is 0. The van der Waals surface area contributed by atoms with Gasteiger partial charge < -0.3 is 4.90 Å². The first kappa shape index (κ1) is 12.9. The minimum Gasteiger partial charge on any atom is -0.312 e. The number of aryl methyl sites for hydroxylation is 1. The molecule has 18 heavy (non-hydrogen) atoms. The number of hydrogen-bond acceptors (Lipinski definition) is 1. The van der Waals surface area contributed by atoms with Crippen LogP contribution in [0.15, 0.2) is 36.9 Å². The van der Waals surface area contributed by atoms with Crippen LogP contribution in [0.1, 0.15) is 31.7 Å². The molecule has 1 amide bonds. The molecule has 1 aromatic carbocycles. The van der Waals surface area contributed by atoms with E-state index in [0.29, 0.717) is 12.3 Å². The van der Waals surface area contributed by atoms with E-state index in [-0.39, 0.29) is 5.91 Å². The van der Waals surface area contributed by atoms with Crippen LogP contribution in [-0.2, 0) is 11.2 Å². The highest BCUT2D eigenvalue weighted by Crippen LogP contribution is 2.25. The average Bonchev–Trinajstić information content (AvgIpc) is 2.78. The molecule has 2 heteroatoms. The molecule has 96 valence electrons. The second-order valence-electron chi connectivity index (χ2n) is 4.97. The van der Waals surface area contributed by atoms with Crippen LogP contribution in [0.2, 0.25) is 0 Å². The highest BCUT2D eigenvalue weighted by atomic mass is 16.2. The van der Waals surface area contributed by atoms with Crippen molar-refractivity contribution in [3.63, 3.8) is 0 Å². The van der Waals surface area contributed by atoms with Gasteiger partial charge in [0, 0.05) is 24.6 Å². The number of anilines is 1. The van der Waals surface area contributed by atoms with E-state index in [4.69, 9.17) is 0 Å². The lowest BCUT2D eigenvalue weighted by Crippen LogP contribution is -2.24. The molecule has 0 bridgehead atoms. The fourth-order valence-corrected chi connectivity index (χ4v) is 2.37. The molecule has 0 aromatic heterocycles. The Hall–Kier alpha value is -1.57. The Morgan fingerprint density at radius 2 is 2.11 bits per heavy atom. The van der Waals surface area contributed by atoms with Crippen molar-refractivity contribution in [1.82, 2.24) is 0 Å². The molecule has 0 saturated carbocycles. The molecular formula is C16H21NO. The summed E-state index contributed by atoms with van der Waals surface area (Å²) in [6, 6.07) is 8.40. The molecular weight excluding hydrogens is 222 g/mol. The molecule has 1 heterocycles. The Balaban J connectivity index is 2.05. The Bertz CT molecular complexity index is 421. The minimum atomic E-state index is 0.209. The molecule has 0 aliphatic carbocycles. The van der Waals surface area contributed by atoms with Crippen LogP contribution >= 0.6 is 0 Å². The van der Waals surface area contributed by atoms with Crippen molar-refractivity contribution >= 4 is 11.6 Å². The molecule has 2 nitrogen and oxygen atoms in total. The van der Waals surface area contributed by atoms with Crippen LogP contribution in [0.4, 0.5) is 5.69 Å². The van der Waals surface area contributed by atoms with Crippen molar-refractivity contribution in [2.24, 2.45) is 5.92 Å². The van der Waals surface area contributed by atoms with Crippen LogP contribution in [0.25, 0.3) is 0 Å². The molecule has 1 aliphatic heterocycles. The molecule has 1 saturated heterocycles. The van der Waals surface area contributed by atoms with Crippen LogP contribution in [-0.4, -0.2) is 12.5 Å². The predicted molar refractivity (Wildman–Crippen MR) is 75.7 cm³/mol. The van der Waals surface area contributed by atoms with E-state index in [0.717, 1.165) is 18.7 Å². The third-order valence-corrected chi connectivity index (χ3v) is 3.56. The number of carbonyl (C=O) groups is 1. The maximum absolute atomic E-state index is 11.9. The molecule has 0 N–H and O–H groups in total. The molecule has 1 aliphatic rings. The average molecular weight is 243 g/mol. The predicted octanol–water partition coefficient (Wildman–Crippen LogP) is 3.57. The normalized spacial score (nSPS) is 19.3. The fraction of sp³-hybridized carbons (Fsp3) is 0.438. The lowest BCUT2D eigenvalue weighted by atomic mass is 10.1. The zero-order chi connectivity index (χ0) is 13.0. The molecule has 0 spiro atoms. The third-order valence-electron chi connectivity index (χ3n) is 3.56. The summed E-state index contributed by atoms with van der Waals surface area (Å²) in [5, 5.41) is 0. The van der Waals surface area contributed by atoms with Gasteiger partial charge in [-0.15, -0.1) is 6.58 Å². The largest absolute Gasteiger partial charge is 0.312 e. The first-order valence-electron chi connectivity index (χ1n) is 6.76. The molecule has 0 radical (unpaired) electrons. The van der Waals surface area contributed by atoms with E-state index in [1.165, 1.54) is 18.4 Å². The first-order valence-corrected chi connectivity index (χ1v) is 6.76. The maximum atomic E-state index is 11.9. The van der Waals surface area contributed by atoms with E-state index in [2.05, 4.69) is 37.8 Å². The summed E-state index contributed by atoms with van der Waals surface area (Å²) in [4.78, 5) is 13.8. The van der Waals surface area contributed by atoms with Crippen molar-refractivity contribution in [3.05, 3.63) is 42.5 Å². The summed E-state index contributed by atoms with van der Waals surface area (Å²) in [6.07, 6.45) is 6.04. The summed E-state index contributed by atoms with van der Waals surface area (Å²) in [5.74, 6) is 0.512. The van der Waals surface area contributed by atoms with Crippen molar-refractivity contribution < 1.29 is 4.79 Å². The van der Waals surface area contributed by atoms with Gasteiger partial charge in [0.1, 0.15) is 0 Å². The van der Waals surface area contributed by atoms with Gasteiger partial charge in [0.15, 0.2) is 0 Å². The topological polar surface area (TPSA) is 20.3 Å². The molecule has 1 atom stereocenters. The Morgan fingerprint density at radius 3 is 2.67 bits per heavy atom. The minimum absolute atomic E-state index is 0.209. The van der Waals surface area contributed by atoms with E-state index >= 15 is 0 Å². The zero-order valence-corrected chi connectivity index (χ0v) is 11.1. The highest BCUT2D eigenvalue weighted by Gasteiger charge is 2.28. The lowest BCUT2D eigenvalue weighted by molar-refractivity contribution is -0.117. The van der Waals surface area contributed by atoms with Gasteiger partial charge in [-0.1, -0.05) is 31.6 Å². The van der Waals surface area contributed by atoms with Crippen molar-refractivity contribution in [3.8, 4) is 0 Å². The third kappa shape index (κ3) is 2.81. The quantitative estimate of drug-likeness (QED) is 0.724. The van der Waals surface area contributed by atoms with Crippen LogP contribution in [0.5, 0.6) is 0 Å². The smallest absolute Gasteiger partial charge is 0.227 e. The molecule has 1 unspecified atom stereocenters. The van der Waals surface area contributed by atoms with E-state index in [9.17, 15) is 4.79 Å². The van der Waals surface area contributed by atoms with E-state index in [1.54, 1.807) is 0 Å². The lowest BCUT2D eigenvalue weighted by Gasteiger charge is -2.16. The van der Waals surface area contributed by atoms with Crippen molar-refractivity contribution in [1.29, 1.82) is 0 Å². The summed E-state index contributed by atoms with van der Waals surface area (Å²) < 4.78 is 0. The van der Waals surface area contributed by atoms with Crippen molar-refractivity contribution in [2.45, 2.75) is 32.6 Å². The van der Waals surface area contributed by atoms with Crippen molar-refractivity contribution in [2.75, 3.05) is 11.4 Å². The van der Waals surface area contributed by atoms with E-state index in [1.807, 2.05) is 11.0 Å². The highest BCUT2D eigenvalue weighted by molar-refractivity contribution is 5.95. The second kappa shape index (κ2) is 5.85. The van der Waals surface area contributed by atoms with E-state index < -0.39 is 0 Å². The summed E-state index contributed by atoms with van der Waals surface area (Å²) in [7, 11) is 0. The molecule has 1 fully saturated rings. The van der Waals surface area contributed by atoms with Gasteiger partial charge in [-0.2, -0.15) is 0 Å². The van der Waals surface area contributed by atoms with Gasteiger partial charge in [0.05, 0.1) is 0 Å². The van der Waals surface area contributed by atoms with Gasteiger partial charge >= 0.3 is 0 Å². The number of carbonyl (C=O) groups excluding carboxylic acids is 1. The standard InChI is InChI=1S/C16H21NO/c1-3-5-6-14-7-9-15(10-8-14)17-12-13(4-2)11-16(17)18/h4,7-10,13H,2-3,5-6,11-12H2,1H3. The van der Waals surface area contributed by atoms with Gasteiger partial charge in [0.2, 0.25) is 5.91 Å². The summed E-state index contributed by atoms with van der Waals surface area (Å²) in [5.41, 5.74) is 2.37. The number of rotatable bonds is 5. The number of nitrogens with zero attached hydrogens (tertiary/aromatic N) is 1. The fourth-order valence-electron chi connectivity index (χ4n) is 2.37. The van der Waals surface area contributed by atoms with Crippen LogP contribution in [0.3, 0.4) is 0 Å². The Morgan fingerprint density at radius 1 is 1.39 bits per heavy atom. The summed E-state index contributed by atoms with van der Waals surface area (Å²) in [6.45, 7) is 6.75. The Kier molecular flexibility index (Phi) is 4.19. The van der Waals surface area contributed by atoms with Crippen LogP contribution in [0, 0.1) is 5.92 Å². The van der Waals surface area contributed by atoms with Gasteiger partial charge in [-0.3, -0.25) is 4.79 Å². The van der Waals surface area contributed by atoms with Gasteiger partial charge in [-0.05, 0) is 30.5 Å².